The van der Waals surface area contributed by atoms with Crippen LogP contribution in [0, 0.1) is 6.08 Å². The van der Waals surface area contributed by atoms with Crippen LogP contribution in [-0.4, -0.2) is 0 Å². The second kappa shape index (κ2) is 6.90. The summed E-state index contributed by atoms with van der Waals surface area (Å²) in [6.07, 6.45) is 21.5. The van der Waals surface area contributed by atoms with Crippen LogP contribution in [0.4, 0.5) is 0 Å². The molecule has 0 saturated carbocycles. The third-order valence-corrected chi connectivity index (χ3v) is 1.92. The first-order valence-corrected chi connectivity index (χ1v) is 4.85. The molecule has 0 heteroatoms. The summed E-state index contributed by atoms with van der Waals surface area (Å²) in [5.74, 6) is 0. The zero-order valence-electron chi connectivity index (χ0n) is 7.63. The molecule has 0 nitrogen and oxygen atoms in total. The molecule has 1 rings (SSSR count). The van der Waals surface area contributed by atoms with E-state index in [0.29, 0.717) is 0 Å². The molecule has 0 amide bonds. The van der Waals surface area contributed by atoms with Gasteiger partial charge < -0.3 is 0 Å². The Hall–Kier alpha value is -0.780. The summed E-state index contributed by atoms with van der Waals surface area (Å²) in [5, 5.41) is 0. The molecule has 12 heavy (non-hydrogen) atoms. The van der Waals surface area contributed by atoms with Crippen molar-refractivity contribution in [3.8, 4) is 0 Å². The summed E-state index contributed by atoms with van der Waals surface area (Å²) >= 11 is 0. The van der Waals surface area contributed by atoms with Gasteiger partial charge >= 0.3 is 0 Å². The van der Waals surface area contributed by atoms with E-state index in [-0.39, 0.29) is 0 Å². The smallest absolute Gasteiger partial charge is 0.0169 e. The minimum atomic E-state index is 1.10. The normalized spacial score (nSPS) is 28.0. The fraction of sp³-hybridized carbons (Fsp3) is 0.500. The molecule has 0 fully saturated rings. The summed E-state index contributed by atoms with van der Waals surface area (Å²) in [4.78, 5) is 0. The van der Waals surface area contributed by atoms with E-state index >= 15 is 0 Å². The molecule has 0 bridgehead atoms. The maximum Gasteiger partial charge on any atom is -0.0169 e. The first kappa shape index (κ1) is 9.31. The van der Waals surface area contributed by atoms with Gasteiger partial charge in [-0.25, -0.2) is 0 Å². The highest BCUT2D eigenvalue weighted by Crippen LogP contribution is 2.02. The maximum absolute atomic E-state index is 3.31. The molecule has 0 aromatic heterocycles. The van der Waals surface area contributed by atoms with Gasteiger partial charge in [-0.2, -0.15) is 0 Å². The Labute approximate surface area is 75.7 Å². The average molecular weight is 161 g/mol. The molecule has 65 valence electrons. The number of hydrogen-bond acceptors (Lipinski definition) is 0. The summed E-state index contributed by atoms with van der Waals surface area (Å²) in [7, 11) is 0. The van der Waals surface area contributed by atoms with Gasteiger partial charge in [0.2, 0.25) is 0 Å². The van der Waals surface area contributed by atoms with Crippen LogP contribution in [0.1, 0.15) is 38.5 Å². The predicted octanol–water partition coefficient (Wildman–Crippen LogP) is 3.81. The molecule has 1 aliphatic rings. The molecule has 1 radical (unpaired) electrons. The van der Waals surface area contributed by atoms with Gasteiger partial charge in [0.25, 0.3) is 0 Å². The van der Waals surface area contributed by atoms with Crippen molar-refractivity contribution in [2.24, 2.45) is 0 Å². The Morgan fingerprint density at radius 3 is 2.58 bits per heavy atom. The van der Waals surface area contributed by atoms with Crippen LogP contribution in [0.15, 0.2) is 30.4 Å². The first-order valence-electron chi connectivity index (χ1n) is 4.85. The van der Waals surface area contributed by atoms with Gasteiger partial charge in [-0.3, -0.25) is 0 Å². The van der Waals surface area contributed by atoms with Crippen molar-refractivity contribution in [3.63, 3.8) is 0 Å². The molecular weight excluding hydrogens is 144 g/mol. The quantitative estimate of drug-likeness (QED) is 0.474. The molecular formula is C12H17. The van der Waals surface area contributed by atoms with Crippen LogP contribution in [0.2, 0.25) is 0 Å². The van der Waals surface area contributed by atoms with Crippen molar-refractivity contribution in [1.29, 1.82) is 0 Å². The highest BCUT2D eigenvalue weighted by Gasteiger charge is 1.83. The lowest BCUT2D eigenvalue weighted by molar-refractivity contribution is 0.844. The average Bonchev–Trinajstić information content (AvgIpc) is 2.05. The Morgan fingerprint density at radius 2 is 1.67 bits per heavy atom. The predicted molar refractivity (Wildman–Crippen MR) is 53.8 cm³/mol. The Balaban J connectivity index is 2.30. The fourth-order valence-electron chi connectivity index (χ4n) is 1.21. The van der Waals surface area contributed by atoms with E-state index in [4.69, 9.17) is 0 Å². The van der Waals surface area contributed by atoms with Crippen LogP contribution in [0.25, 0.3) is 0 Å². The van der Waals surface area contributed by atoms with Gasteiger partial charge in [0, 0.05) is 0 Å². The molecule has 0 N–H and O–H groups in total. The lowest BCUT2D eigenvalue weighted by Gasteiger charge is -1.92. The second-order valence-electron chi connectivity index (χ2n) is 3.06. The van der Waals surface area contributed by atoms with Gasteiger partial charge in [0.05, 0.1) is 0 Å². The van der Waals surface area contributed by atoms with Gasteiger partial charge in [0.15, 0.2) is 0 Å². The van der Waals surface area contributed by atoms with Crippen LogP contribution < -0.4 is 0 Å². The van der Waals surface area contributed by atoms with Gasteiger partial charge in [-0.05, 0) is 44.6 Å². The Bertz CT molecular complexity index is 172. The van der Waals surface area contributed by atoms with Crippen LogP contribution >= 0.6 is 0 Å². The lowest BCUT2D eigenvalue weighted by Crippen LogP contribution is -1.73. The maximum atomic E-state index is 3.31. The van der Waals surface area contributed by atoms with Gasteiger partial charge in [-0.15, -0.1) is 0 Å². The summed E-state index contributed by atoms with van der Waals surface area (Å²) < 4.78 is 0. The number of hydrogen-bond donors (Lipinski definition) is 0. The zero-order chi connectivity index (χ0) is 8.49. The molecule has 0 aromatic rings. The molecule has 0 atom stereocenters. The summed E-state index contributed by atoms with van der Waals surface area (Å²) in [5.41, 5.74) is 0. The SMILES string of the molecule is [C]1=C\CC/C=C\C/C=C\CCC/1. The Kier molecular flexibility index (Phi) is 5.35. The molecule has 1 aliphatic carbocycles. The van der Waals surface area contributed by atoms with Crippen molar-refractivity contribution in [1.82, 2.24) is 0 Å². The van der Waals surface area contributed by atoms with Crippen molar-refractivity contribution in [2.45, 2.75) is 38.5 Å². The highest BCUT2D eigenvalue weighted by molar-refractivity contribution is 4.94. The van der Waals surface area contributed by atoms with Crippen molar-refractivity contribution in [2.75, 3.05) is 0 Å². The highest BCUT2D eigenvalue weighted by atomic mass is 13.9. The molecule has 0 spiro atoms. The standard InChI is InChI=1S/C12H17/c1-2-4-6-8-10-12-11-9-7-5-3-1/h1-2,5,7-8H,3-4,6,9,11-12H2/b2-1-,7-5-,10-8?. The monoisotopic (exact) mass is 161 g/mol. The number of allylic oxidation sites excluding steroid dienone is 6. The van der Waals surface area contributed by atoms with Crippen LogP contribution in [0.3, 0.4) is 0 Å². The largest absolute Gasteiger partial charge is 0.0882 e. The van der Waals surface area contributed by atoms with Crippen molar-refractivity contribution in [3.05, 3.63) is 36.5 Å². The minimum absolute atomic E-state index is 1.10. The van der Waals surface area contributed by atoms with E-state index in [1.165, 1.54) is 19.3 Å². The van der Waals surface area contributed by atoms with E-state index in [1.807, 2.05) is 0 Å². The third kappa shape index (κ3) is 4.95. The van der Waals surface area contributed by atoms with Crippen molar-refractivity contribution < 1.29 is 0 Å². The molecule has 0 heterocycles. The van der Waals surface area contributed by atoms with E-state index < -0.39 is 0 Å². The van der Waals surface area contributed by atoms with Crippen LogP contribution in [-0.2, 0) is 0 Å². The number of rotatable bonds is 0. The van der Waals surface area contributed by atoms with E-state index in [0.717, 1.165) is 19.3 Å². The zero-order valence-corrected chi connectivity index (χ0v) is 7.63. The second-order valence-corrected chi connectivity index (χ2v) is 3.06. The van der Waals surface area contributed by atoms with Crippen LogP contribution in [0.5, 0.6) is 0 Å². The molecule has 0 saturated heterocycles. The first-order chi connectivity index (χ1) is 6.00. The van der Waals surface area contributed by atoms with E-state index in [9.17, 15) is 0 Å². The minimum Gasteiger partial charge on any atom is -0.0882 e. The molecule has 0 aliphatic heterocycles. The third-order valence-electron chi connectivity index (χ3n) is 1.92. The summed E-state index contributed by atoms with van der Waals surface area (Å²) in [6, 6.07) is 0. The lowest BCUT2D eigenvalue weighted by atomic mass is 10.1. The van der Waals surface area contributed by atoms with Gasteiger partial charge in [-0.1, -0.05) is 30.4 Å². The van der Waals surface area contributed by atoms with E-state index in [1.54, 1.807) is 0 Å². The van der Waals surface area contributed by atoms with Gasteiger partial charge in [0.1, 0.15) is 0 Å². The fourth-order valence-corrected chi connectivity index (χ4v) is 1.21. The summed E-state index contributed by atoms with van der Waals surface area (Å²) in [6.45, 7) is 0. The Morgan fingerprint density at radius 1 is 0.833 bits per heavy atom. The molecule has 0 unspecified atom stereocenters. The van der Waals surface area contributed by atoms with E-state index in [2.05, 4.69) is 36.5 Å². The van der Waals surface area contributed by atoms with Crippen molar-refractivity contribution >= 4 is 0 Å². The topological polar surface area (TPSA) is 0 Å². The molecule has 0 aromatic carbocycles.